The van der Waals surface area contributed by atoms with E-state index in [9.17, 15) is 0 Å². The Labute approximate surface area is 75.0 Å². The molecule has 0 aromatic heterocycles. The van der Waals surface area contributed by atoms with Gasteiger partial charge in [-0.2, -0.15) is 0 Å². The van der Waals surface area contributed by atoms with Crippen LogP contribution in [-0.4, -0.2) is 26.3 Å². The lowest BCUT2D eigenvalue weighted by atomic mass is 9.97. The molecule has 12 heavy (non-hydrogen) atoms. The number of nitrogens with one attached hydrogen (secondary N) is 1. The van der Waals surface area contributed by atoms with Gasteiger partial charge in [0.25, 0.3) is 0 Å². The fourth-order valence-corrected chi connectivity index (χ4v) is 1.65. The van der Waals surface area contributed by atoms with Crippen LogP contribution in [0.2, 0.25) is 0 Å². The van der Waals surface area contributed by atoms with Gasteiger partial charge in [0.1, 0.15) is 0 Å². The van der Waals surface area contributed by atoms with Crippen LogP contribution < -0.4 is 5.32 Å². The normalized spacial score (nSPS) is 25.4. The molecule has 0 radical (unpaired) electrons. The van der Waals surface area contributed by atoms with Crippen LogP contribution in [0.4, 0.5) is 0 Å². The maximum Gasteiger partial charge on any atom is 0.0513 e. The van der Waals surface area contributed by atoms with E-state index < -0.39 is 0 Å². The highest BCUT2D eigenvalue weighted by atomic mass is 16.5. The standard InChI is InChI=1S/C10H19NO/c1-8(2)6-10(11-3)9-4-5-12-7-9/h6,9-11H,4-5,7H2,1-3H3. The predicted octanol–water partition coefficient (Wildman–Crippen LogP) is 1.58. The van der Waals surface area contributed by atoms with Crippen LogP contribution in [0.15, 0.2) is 11.6 Å². The zero-order chi connectivity index (χ0) is 8.97. The van der Waals surface area contributed by atoms with Gasteiger partial charge in [-0.25, -0.2) is 0 Å². The maximum atomic E-state index is 5.35. The van der Waals surface area contributed by atoms with Gasteiger partial charge in [0.05, 0.1) is 6.61 Å². The van der Waals surface area contributed by atoms with Gasteiger partial charge in [-0.1, -0.05) is 11.6 Å². The fraction of sp³-hybridized carbons (Fsp3) is 0.800. The van der Waals surface area contributed by atoms with E-state index in [1.54, 1.807) is 0 Å². The van der Waals surface area contributed by atoms with Crippen LogP contribution >= 0.6 is 0 Å². The van der Waals surface area contributed by atoms with E-state index in [-0.39, 0.29) is 0 Å². The van der Waals surface area contributed by atoms with E-state index in [1.807, 2.05) is 7.05 Å². The van der Waals surface area contributed by atoms with Gasteiger partial charge >= 0.3 is 0 Å². The minimum atomic E-state index is 0.498. The molecule has 0 amide bonds. The second-order valence-electron chi connectivity index (χ2n) is 3.68. The van der Waals surface area contributed by atoms with Crippen LogP contribution in [0.5, 0.6) is 0 Å². The SMILES string of the molecule is CNC(C=C(C)C)C1CCOC1. The predicted molar refractivity (Wildman–Crippen MR) is 51.2 cm³/mol. The Hall–Kier alpha value is -0.340. The Morgan fingerprint density at radius 2 is 2.33 bits per heavy atom. The smallest absolute Gasteiger partial charge is 0.0513 e. The molecule has 1 saturated heterocycles. The molecule has 0 spiro atoms. The first-order valence-electron chi connectivity index (χ1n) is 4.64. The molecule has 70 valence electrons. The third kappa shape index (κ3) is 2.61. The van der Waals surface area contributed by atoms with Crippen molar-refractivity contribution < 1.29 is 4.74 Å². The maximum absolute atomic E-state index is 5.35. The lowest BCUT2D eigenvalue weighted by molar-refractivity contribution is 0.181. The van der Waals surface area contributed by atoms with Crippen molar-refractivity contribution >= 4 is 0 Å². The highest BCUT2D eigenvalue weighted by molar-refractivity contribution is 5.03. The molecule has 1 aliphatic rings. The molecule has 0 saturated carbocycles. The van der Waals surface area contributed by atoms with Crippen LogP contribution in [0, 0.1) is 5.92 Å². The summed E-state index contributed by atoms with van der Waals surface area (Å²) in [6.45, 7) is 6.12. The Morgan fingerprint density at radius 3 is 2.75 bits per heavy atom. The van der Waals surface area contributed by atoms with Crippen LogP contribution in [0.1, 0.15) is 20.3 Å². The van der Waals surface area contributed by atoms with Crippen LogP contribution in [-0.2, 0) is 4.74 Å². The van der Waals surface area contributed by atoms with Crippen molar-refractivity contribution in [1.29, 1.82) is 0 Å². The molecule has 1 aliphatic heterocycles. The van der Waals surface area contributed by atoms with Crippen LogP contribution in [0.25, 0.3) is 0 Å². The van der Waals surface area contributed by atoms with Gasteiger partial charge in [-0.3, -0.25) is 0 Å². The zero-order valence-electron chi connectivity index (χ0n) is 8.26. The molecule has 2 nitrogen and oxygen atoms in total. The summed E-state index contributed by atoms with van der Waals surface area (Å²) in [5, 5.41) is 3.32. The summed E-state index contributed by atoms with van der Waals surface area (Å²) in [5.41, 5.74) is 1.38. The first kappa shape index (κ1) is 9.75. The Kier molecular flexibility index (Phi) is 3.76. The van der Waals surface area contributed by atoms with Crippen molar-refractivity contribution in [2.24, 2.45) is 5.92 Å². The molecule has 1 fully saturated rings. The number of likely N-dealkylation sites (N-methyl/N-ethyl adjacent to an activating group) is 1. The first-order valence-corrected chi connectivity index (χ1v) is 4.64. The molecule has 1 heterocycles. The molecule has 0 bridgehead atoms. The molecule has 1 N–H and O–H groups in total. The van der Waals surface area contributed by atoms with E-state index in [0.717, 1.165) is 13.2 Å². The van der Waals surface area contributed by atoms with E-state index in [0.29, 0.717) is 12.0 Å². The van der Waals surface area contributed by atoms with E-state index >= 15 is 0 Å². The van der Waals surface area contributed by atoms with E-state index in [1.165, 1.54) is 12.0 Å². The number of hydrogen-bond acceptors (Lipinski definition) is 2. The molecule has 0 aromatic rings. The second-order valence-corrected chi connectivity index (χ2v) is 3.68. The average molecular weight is 169 g/mol. The molecule has 0 aromatic carbocycles. The van der Waals surface area contributed by atoms with Gasteiger partial charge in [0.15, 0.2) is 0 Å². The summed E-state index contributed by atoms with van der Waals surface area (Å²) in [6, 6.07) is 0.498. The molecule has 2 heteroatoms. The first-order chi connectivity index (χ1) is 5.74. The summed E-state index contributed by atoms with van der Waals surface area (Å²) in [4.78, 5) is 0. The minimum absolute atomic E-state index is 0.498. The van der Waals surface area contributed by atoms with E-state index in [4.69, 9.17) is 4.74 Å². The van der Waals surface area contributed by atoms with Gasteiger partial charge in [-0.15, -0.1) is 0 Å². The topological polar surface area (TPSA) is 21.3 Å². The number of allylic oxidation sites excluding steroid dienone is 1. The zero-order valence-corrected chi connectivity index (χ0v) is 8.26. The van der Waals surface area contributed by atoms with Gasteiger partial charge in [-0.05, 0) is 27.3 Å². The molecule has 0 aliphatic carbocycles. The van der Waals surface area contributed by atoms with Crippen molar-refractivity contribution in [2.45, 2.75) is 26.3 Å². The highest BCUT2D eigenvalue weighted by Crippen LogP contribution is 2.18. The molecular weight excluding hydrogens is 150 g/mol. The van der Waals surface area contributed by atoms with Gasteiger partial charge in [0, 0.05) is 18.6 Å². The summed E-state index contributed by atoms with van der Waals surface area (Å²) in [7, 11) is 2.02. The number of rotatable bonds is 3. The van der Waals surface area contributed by atoms with Crippen molar-refractivity contribution in [3.05, 3.63) is 11.6 Å². The molecular formula is C10H19NO. The molecule has 1 rings (SSSR count). The summed E-state index contributed by atoms with van der Waals surface area (Å²) in [5.74, 6) is 0.671. The Morgan fingerprint density at radius 1 is 1.58 bits per heavy atom. The lowest BCUT2D eigenvalue weighted by Crippen LogP contribution is -2.32. The van der Waals surface area contributed by atoms with Gasteiger partial charge in [0.2, 0.25) is 0 Å². The van der Waals surface area contributed by atoms with Crippen molar-refractivity contribution in [3.63, 3.8) is 0 Å². The highest BCUT2D eigenvalue weighted by Gasteiger charge is 2.22. The monoisotopic (exact) mass is 169 g/mol. The summed E-state index contributed by atoms with van der Waals surface area (Å²) in [6.07, 6.45) is 3.48. The van der Waals surface area contributed by atoms with E-state index in [2.05, 4.69) is 25.2 Å². The summed E-state index contributed by atoms with van der Waals surface area (Å²) >= 11 is 0. The number of ether oxygens (including phenoxy) is 1. The Balaban J connectivity index is 2.49. The quantitative estimate of drug-likeness (QED) is 0.648. The average Bonchev–Trinajstić information content (AvgIpc) is 2.51. The third-order valence-corrected chi connectivity index (χ3v) is 2.32. The number of hydrogen-bond donors (Lipinski definition) is 1. The second kappa shape index (κ2) is 4.63. The fourth-order valence-electron chi connectivity index (χ4n) is 1.65. The van der Waals surface area contributed by atoms with Crippen molar-refractivity contribution in [2.75, 3.05) is 20.3 Å². The minimum Gasteiger partial charge on any atom is -0.381 e. The third-order valence-electron chi connectivity index (χ3n) is 2.32. The largest absolute Gasteiger partial charge is 0.381 e. The van der Waals surface area contributed by atoms with Gasteiger partial charge < -0.3 is 10.1 Å². The van der Waals surface area contributed by atoms with Crippen molar-refractivity contribution in [1.82, 2.24) is 5.32 Å². The molecule has 2 unspecified atom stereocenters. The van der Waals surface area contributed by atoms with Crippen molar-refractivity contribution in [3.8, 4) is 0 Å². The summed E-state index contributed by atoms with van der Waals surface area (Å²) < 4.78 is 5.35. The Bertz CT molecular complexity index is 155. The molecule has 2 atom stereocenters. The lowest BCUT2D eigenvalue weighted by Gasteiger charge is -2.18. The van der Waals surface area contributed by atoms with Crippen LogP contribution in [0.3, 0.4) is 0 Å².